The molecule has 2 aromatic rings. The smallest absolute Gasteiger partial charge is 0.291 e. The van der Waals surface area contributed by atoms with Crippen molar-refractivity contribution < 1.29 is 24.1 Å². The molecule has 3 aliphatic heterocycles. The molecule has 164 valence electrons. The predicted octanol–water partition coefficient (Wildman–Crippen LogP) is 1.63. The predicted molar refractivity (Wildman–Crippen MR) is 108 cm³/mol. The Balaban J connectivity index is 1.14. The minimum Gasteiger partial charge on any atom is -0.488 e. The monoisotopic (exact) mass is 426 g/mol. The number of amides is 1. The Bertz CT molecular complexity index is 1010. The molecule has 0 spiro atoms. The van der Waals surface area contributed by atoms with Crippen LogP contribution in [0.15, 0.2) is 18.2 Å². The Kier molecular flexibility index (Phi) is 4.52. The van der Waals surface area contributed by atoms with Gasteiger partial charge in [0, 0.05) is 32.1 Å². The summed E-state index contributed by atoms with van der Waals surface area (Å²) in [6, 6.07) is 5.47. The summed E-state index contributed by atoms with van der Waals surface area (Å²) < 4.78 is 18.9. The number of hydrogen-bond acceptors (Lipinski definition) is 7. The van der Waals surface area contributed by atoms with E-state index in [1.165, 1.54) is 0 Å². The Labute approximate surface area is 179 Å². The summed E-state index contributed by atoms with van der Waals surface area (Å²) in [7, 11) is 0. The van der Waals surface area contributed by atoms with Crippen LogP contribution >= 0.6 is 0 Å². The molecule has 1 saturated carbocycles. The van der Waals surface area contributed by atoms with E-state index >= 15 is 0 Å². The Morgan fingerprint density at radius 3 is 2.84 bits per heavy atom. The van der Waals surface area contributed by atoms with E-state index in [1.54, 1.807) is 6.07 Å². The van der Waals surface area contributed by atoms with Crippen LogP contribution in [0, 0.1) is 11.8 Å². The SMILES string of the molecule is O=C(c1nnc2n1CCCC2)N1C[C@H]2C[C@@H](Oc3ccc4c(c3)OCO4)[C@H](O)C[C@H]2C1. The molecule has 1 aromatic carbocycles. The van der Waals surface area contributed by atoms with Gasteiger partial charge in [0.1, 0.15) is 17.7 Å². The van der Waals surface area contributed by atoms with Crippen molar-refractivity contribution in [2.24, 2.45) is 11.8 Å². The largest absolute Gasteiger partial charge is 0.488 e. The maximum atomic E-state index is 13.2. The Hall–Kier alpha value is -2.81. The summed E-state index contributed by atoms with van der Waals surface area (Å²) in [6.07, 6.45) is 3.50. The summed E-state index contributed by atoms with van der Waals surface area (Å²) in [5.41, 5.74) is 0. The topological polar surface area (TPSA) is 98.9 Å². The zero-order valence-electron chi connectivity index (χ0n) is 17.3. The second kappa shape index (κ2) is 7.40. The van der Waals surface area contributed by atoms with Gasteiger partial charge < -0.3 is 28.8 Å². The van der Waals surface area contributed by atoms with Gasteiger partial charge in [-0.2, -0.15) is 0 Å². The summed E-state index contributed by atoms with van der Waals surface area (Å²) in [4.78, 5) is 15.1. The molecule has 1 N–H and O–H groups in total. The van der Waals surface area contributed by atoms with E-state index in [-0.39, 0.29) is 24.7 Å². The third-order valence-electron chi connectivity index (χ3n) is 7.05. The highest BCUT2D eigenvalue weighted by atomic mass is 16.7. The lowest BCUT2D eigenvalue weighted by Crippen LogP contribution is -2.42. The number of likely N-dealkylation sites (tertiary alicyclic amines) is 1. The Morgan fingerprint density at radius 2 is 1.94 bits per heavy atom. The highest BCUT2D eigenvalue weighted by Crippen LogP contribution is 2.40. The third kappa shape index (κ3) is 3.31. The van der Waals surface area contributed by atoms with Gasteiger partial charge in [-0.05, 0) is 49.7 Å². The second-order valence-corrected chi connectivity index (χ2v) is 8.99. The number of rotatable bonds is 3. The van der Waals surface area contributed by atoms with Gasteiger partial charge in [-0.25, -0.2) is 0 Å². The fourth-order valence-electron chi connectivity index (χ4n) is 5.42. The van der Waals surface area contributed by atoms with E-state index in [2.05, 4.69) is 10.2 Å². The lowest BCUT2D eigenvalue weighted by Gasteiger charge is -2.35. The number of hydrogen-bond donors (Lipinski definition) is 1. The first-order valence-electron chi connectivity index (χ1n) is 11.1. The van der Waals surface area contributed by atoms with Gasteiger partial charge in [0.2, 0.25) is 12.6 Å². The van der Waals surface area contributed by atoms with E-state index in [9.17, 15) is 9.90 Å². The standard InChI is InChI=1S/C22H26N4O5/c27-16-7-13-10-25(22(28)21-24-23-20-3-1-2-6-26(20)21)11-14(13)8-18(16)31-15-4-5-17-19(9-15)30-12-29-17/h4-5,9,13-14,16,18,27H,1-3,6-8,10-12H2/t13-,14+,16+,18+/m0/s1. The van der Waals surface area contributed by atoms with E-state index in [1.807, 2.05) is 21.6 Å². The van der Waals surface area contributed by atoms with Crippen LogP contribution in [0.3, 0.4) is 0 Å². The first-order valence-corrected chi connectivity index (χ1v) is 11.1. The molecule has 31 heavy (non-hydrogen) atoms. The fourth-order valence-corrected chi connectivity index (χ4v) is 5.42. The number of ether oxygens (including phenoxy) is 3. The molecule has 1 amide bonds. The van der Waals surface area contributed by atoms with Crippen molar-refractivity contribution in [2.75, 3.05) is 19.9 Å². The van der Waals surface area contributed by atoms with Gasteiger partial charge in [0.25, 0.3) is 5.91 Å². The number of fused-ring (bicyclic) bond motifs is 3. The van der Waals surface area contributed by atoms with E-state index < -0.39 is 6.10 Å². The van der Waals surface area contributed by atoms with Crippen molar-refractivity contribution in [3.63, 3.8) is 0 Å². The number of nitrogens with zero attached hydrogens (tertiary/aromatic N) is 4. The van der Waals surface area contributed by atoms with Crippen molar-refractivity contribution in [2.45, 2.75) is 50.9 Å². The molecular weight excluding hydrogens is 400 g/mol. The molecule has 4 heterocycles. The average molecular weight is 426 g/mol. The molecule has 0 bridgehead atoms. The van der Waals surface area contributed by atoms with E-state index in [4.69, 9.17) is 14.2 Å². The molecule has 4 atom stereocenters. The molecule has 9 heteroatoms. The van der Waals surface area contributed by atoms with Gasteiger partial charge in [-0.15, -0.1) is 10.2 Å². The molecule has 6 rings (SSSR count). The number of aromatic nitrogens is 3. The molecule has 2 fully saturated rings. The Morgan fingerprint density at radius 1 is 1.10 bits per heavy atom. The number of aliphatic hydroxyl groups is 1. The second-order valence-electron chi connectivity index (χ2n) is 8.99. The van der Waals surface area contributed by atoms with Crippen LogP contribution in [0.1, 0.15) is 42.1 Å². The zero-order valence-corrected chi connectivity index (χ0v) is 17.3. The maximum absolute atomic E-state index is 13.2. The molecule has 0 radical (unpaired) electrons. The van der Waals surface area contributed by atoms with E-state index in [0.717, 1.165) is 31.6 Å². The lowest BCUT2D eigenvalue weighted by atomic mass is 9.78. The van der Waals surface area contributed by atoms with Crippen LogP contribution in [-0.4, -0.2) is 62.8 Å². The van der Waals surface area contributed by atoms with Crippen molar-refractivity contribution >= 4 is 5.91 Å². The van der Waals surface area contributed by atoms with Crippen molar-refractivity contribution in [3.8, 4) is 17.2 Å². The molecule has 4 aliphatic rings. The third-order valence-corrected chi connectivity index (χ3v) is 7.05. The lowest BCUT2D eigenvalue weighted by molar-refractivity contribution is -0.0232. The van der Waals surface area contributed by atoms with Gasteiger partial charge in [0.05, 0.1) is 6.10 Å². The highest BCUT2D eigenvalue weighted by molar-refractivity contribution is 5.91. The first-order chi connectivity index (χ1) is 15.2. The highest BCUT2D eigenvalue weighted by Gasteiger charge is 2.44. The quantitative estimate of drug-likeness (QED) is 0.796. The molecule has 1 saturated heterocycles. The fraction of sp³-hybridized carbons (Fsp3) is 0.591. The van der Waals surface area contributed by atoms with Crippen LogP contribution in [0.5, 0.6) is 17.2 Å². The summed E-state index contributed by atoms with van der Waals surface area (Å²) >= 11 is 0. The summed E-state index contributed by atoms with van der Waals surface area (Å²) in [5, 5.41) is 19.1. The van der Waals surface area contributed by atoms with Crippen LogP contribution < -0.4 is 14.2 Å². The minimum absolute atomic E-state index is 0.0437. The van der Waals surface area contributed by atoms with Gasteiger partial charge in [-0.1, -0.05) is 0 Å². The number of aryl methyl sites for hydroxylation is 1. The van der Waals surface area contributed by atoms with Crippen LogP contribution in [0.25, 0.3) is 0 Å². The van der Waals surface area contributed by atoms with Crippen LogP contribution in [0.2, 0.25) is 0 Å². The van der Waals surface area contributed by atoms with Gasteiger partial charge in [-0.3, -0.25) is 4.79 Å². The average Bonchev–Trinajstić information content (AvgIpc) is 3.51. The number of benzene rings is 1. The van der Waals surface area contributed by atoms with Crippen molar-refractivity contribution in [1.29, 1.82) is 0 Å². The van der Waals surface area contributed by atoms with E-state index in [0.29, 0.717) is 54.9 Å². The van der Waals surface area contributed by atoms with Crippen molar-refractivity contribution in [3.05, 3.63) is 29.8 Å². The summed E-state index contributed by atoms with van der Waals surface area (Å²) in [5.74, 6) is 3.94. The van der Waals surface area contributed by atoms with Crippen LogP contribution in [-0.2, 0) is 13.0 Å². The maximum Gasteiger partial charge on any atom is 0.291 e. The zero-order chi connectivity index (χ0) is 20.9. The molecule has 9 nitrogen and oxygen atoms in total. The first kappa shape index (κ1) is 18.9. The van der Waals surface area contributed by atoms with Crippen molar-refractivity contribution in [1.82, 2.24) is 19.7 Å². The molecule has 0 unspecified atom stereocenters. The van der Waals surface area contributed by atoms with Gasteiger partial charge >= 0.3 is 0 Å². The number of carbonyl (C=O) groups excluding carboxylic acids is 1. The molecule has 1 aromatic heterocycles. The minimum atomic E-state index is -0.567. The van der Waals surface area contributed by atoms with Gasteiger partial charge in [0.15, 0.2) is 11.5 Å². The molecular formula is C22H26N4O5. The summed E-state index contributed by atoms with van der Waals surface area (Å²) in [6.45, 7) is 2.35. The number of aliphatic hydroxyl groups excluding tert-OH is 1. The number of carbonyl (C=O) groups is 1. The normalized spacial score (nSPS) is 28.9. The van der Waals surface area contributed by atoms with Crippen LogP contribution in [0.4, 0.5) is 0 Å². The molecule has 1 aliphatic carbocycles.